The maximum absolute atomic E-state index is 12.5. The predicted octanol–water partition coefficient (Wildman–Crippen LogP) is 4.13. The molecule has 0 amide bonds. The van der Waals surface area contributed by atoms with Crippen molar-refractivity contribution in [2.24, 2.45) is 0 Å². The number of aromatic nitrogens is 1. The van der Waals surface area contributed by atoms with E-state index in [0.29, 0.717) is 10.8 Å². The molecule has 0 fully saturated rings. The van der Waals surface area contributed by atoms with Gasteiger partial charge in [-0.15, -0.1) is 0 Å². The van der Waals surface area contributed by atoms with E-state index in [1.165, 1.54) is 12.1 Å². The fourth-order valence-corrected chi connectivity index (χ4v) is 1.45. The number of nitrogens with two attached hydrogens (primary N) is 1. The molecule has 3 nitrogen and oxygen atoms in total. The van der Waals surface area contributed by atoms with Crippen LogP contribution in [-0.2, 0) is 6.18 Å². The van der Waals surface area contributed by atoms with E-state index in [-0.39, 0.29) is 11.4 Å². The normalized spacial score (nSPS) is 11.4. The van der Waals surface area contributed by atoms with Gasteiger partial charge in [0, 0.05) is 11.1 Å². The number of rotatable bonds is 2. The molecule has 19 heavy (non-hydrogen) atoms. The van der Waals surface area contributed by atoms with Gasteiger partial charge < -0.3 is 10.5 Å². The Morgan fingerprint density at radius 3 is 2.37 bits per heavy atom. The molecule has 1 heterocycles. The van der Waals surface area contributed by atoms with Gasteiger partial charge in [0.2, 0.25) is 0 Å². The first kappa shape index (κ1) is 13.5. The van der Waals surface area contributed by atoms with Crippen molar-refractivity contribution in [1.82, 2.24) is 4.98 Å². The molecule has 2 N–H and O–H groups in total. The van der Waals surface area contributed by atoms with E-state index in [1.54, 1.807) is 12.1 Å². The van der Waals surface area contributed by atoms with Crippen LogP contribution in [0.15, 0.2) is 36.5 Å². The van der Waals surface area contributed by atoms with Crippen LogP contribution >= 0.6 is 11.6 Å². The van der Waals surface area contributed by atoms with Crippen LogP contribution in [0.5, 0.6) is 11.5 Å². The minimum absolute atomic E-state index is 0.0166. The topological polar surface area (TPSA) is 48.1 Å². The molecule has 1 aromatic carbocycles. The Hall–Kier alpha value is -1.95. The van der Waals surface area contributed by atoms with Gasteiger partial charge in [-0.2, -0.15) is 13.2 Å². The molecule has 7 heteroatoms. The van der Waals surface area contributed by atoms with Gasteiger partial charge in [-0.05, 0) is 24.3 Å². The van der Waals surface area contributed by atoms with Gasteiger partial charge in [-0.25, -0.2) is 4.98 Å². The van der Waals surface area contributed by atoms with Crippen molar-refractivity contribution < 1.29 is 17.9 Å². The Morgan fingerprint density at radius 1 is 1.16 bits per heavy atom. The summed E-state index contributed by atoms with van der Waals surface area (Å²) >= 11 is 5.69. The zero-order chi connectivity index (χ0) is 14.0. The summed E-state index contributed by atoms with van der Waals surface area (Å²) in [6, 6.07) is 6.91. The first-order valence-corrected chi connectivity index (χ1v) is 5.50. The number of benzene rings is 1. The third-order valence-electron chi connectivity index (χ3n) is 2.23. The molecule has 0 saturated heterocycles. The van der Waals surface area contributed by atoms with E-state index >= 15 is 0 Å². The zero-order valence-corrected chi connectivity index (χ0v) is 10.2. The molecule has 0 spiro atoms. The smallest absolute Gasteiger partial charge is 0.433 e. The van der Waals surface area contributed by atoms with Crippen molar-refractivity contribution in [3.05, 3.63) is 47.2 Å². The van der Waals surface area contributed by atoms with Crippen LogP contribution in [0.1, 0.15) is 5.69 Å². The first-order chi connectivity index (χ1) is 8.86. The lowest BCUT2D eigenvalue weighted by molar-refractivity contribution is -0.141. The Kier molecular flexibility index (Phi) is 3.53. The summed E-state index contributed by atoms with van der Waals surface area (Å²) in [6.45, 7) is 0. The Morgan fingerprint density at radius 2 is 1.79 bits per heavy atom. The summed E-state index contributed by atoms with van der Waals surface area (Å²) < 4.78 is 42.8. The lowest BCUT2D eigenvalue weighted by Crippen LogP contribution is -2.08. The van der Waals surface area contributed by atoms with Crippen molar-refractivity contribution in [1.29, 1.82) is 0 Å². The Balaban J connectivity index is 2.31. The zero-order valence-electron chi connectivity index (χ0n) is 9.41. The number of ether oxygens (including phenoxy) is 1. The highest BCUT2D eigenvalue weighted by Crippen LogP contribution is 2.34. The van der Waals surface area contributed by atoms with E-state index in [9.17, 15) is 13.2 Å². The van der Waals surface area contributed by atoms with Crippen molar-refractivity contribution in [3.8, 4) is 11.5 Å². The largest absolute Gasteiger partial charge is 0.455 e. The predicted molar refractivity (Wildman–Crippen MR) is 65.2 cm³/mol. The monoisotopic (exact) mass is 288 g/mol. The van der Waals surface area contributed by atoms with E-state index in [0.717, 1.165) is 12.3 Å². The fourth-order valence-electron chi connectivity index (χ4n) is 1.32. The molecule has 0 aliphatic rings. The Bertz CT molecular complexity index is 585. The average molecular weight is 289 g/mol. The minimum atomic E-state index is -4.55. The van der Waals surface area contributed by atoms with Crippen LogP contribution in [0, 0.1) is 0 Å². The van der Waals surface area contributed by atoms with Gasteiger partial charge in [-0.3, -0.25) is 0 Å². The highest BCUT2D eigenvalue weighted by atomic mass is 35.5. The average Bonchev–Trinajstić information content (AvgIpc) is 2.33. The van der Waals surface area contributed by atoms with E-state index in [1.807, 2.05) is 0 Å². The van der Waals surface area contributed by atoms with Crippen LogP contribution in [0.3, 0.4) is 0 Å². The van der Waals surface area contributed by atoms with Crippen molar-refractivity contribution >= 4 is 17.3 Å². The number of alkyl halides is 3. The molecule has 0 aliphatic heterocycles. The minimum Gasteiger partial charge on any atom is -0.455 e. The molecule has 1 aromatic heterocycles. The molecule has 0 bridgehead atoms. The summed E-state index contributed by atoms with van der Waals surface area (Å²) in [5.41, 5.74) is 4.48. The van der Waals surface area contributed by atoms with Crippen LogP contribution in [0.2, 0.25) is 5.02 Å². The molecule has 0 aliphatic carbocycles. The van der Waals surface area contributed by atoms with Crippen molar-refractivity contribution in [3.63, 3.8) is 0 Å². The second-order valence-corrected chi connectivity index (χ2v) is 4.10. The Labute approximate surface area is 111 Å². The lowest BCUT2D eigenvalue weighted by Gasteiger charge is -2.11. The maximum atomic E-state index is 12.5. The van der Waals surface area contributed by atoms with Gasteiger partial charge in [0.25, 0.3) is 0 Å². The summed E-state index contributed by atoms with van der Waals surface area (Å²) in [6.07, 6.45) is -3.64. The first-order valence-electron chi connectivity index (χ1n) is 5.12. The molecule has 0 atom stereocenters. The highest BCUT2D eigenvalue weighted by molar-refractivity contribution is 6.30. The number of pyridine rings is 1. The van der Waals surface area contributed by atoms with Crippen molar-refractivity contribution in [2.75, 3.05) is 5.73 Å². The number of hydrogen-bond acceptors (Lipinski definition) is 3. The summed E-state index contributed by atoms with van der Waals surface area (Å²) in [5, 5.41) is 0.492. The number of hydrogen-bond donors (Lipinski definition) is 1. The number of anilines is 1. The quantitative estimate of drug-likeness (QED) is 0.904. The summed E-state index contributed by atoms with van der Waals surface area (Å²) in [7, 11) is 0. The van der Waals surface area contributed by atoms with Gasteiger partial charge >= 0.3 is 6.18 Å². The van der Waals surface area contributed by atoms with E-state index in [2.05, 4.69) is 4.98 Å². The molecular formula is C12H8ClF3N2O. The van der Waals surface area contributed by atoms with E-state index < -0.39 is 11.9 Å². The molecule has 2 rings (SSSR count). The molecule has 100 valence electrons. The van der Waals surface area contributed by atoms with Crippen LogP contribution in [0.4, 0.5) is 18.9 Å². The summed E-state index contributed by atoms with van der Waals surface area (Å²) in [5.74, 6) is 0.222. The fraction of sp³-hybridized carbons (Fsp3) is 0.0833. The molecule has 0 unspecified atom stereocenters. The SMILES string of the molecule is Nc1cnc(C(F)(F)F)cc1Oc1ccc(Cl)cc1. The second kappa shape index (κ2) is 4.97. The van der Waals surface area contributed by atoms with Gasteiger partial charge in [0.1, 0.15) is 11.4 Å². The highest BCUT2D eigenvalue weighted by Gasteiger charge is 2.33. The third kappa shape index (κ3) is 3.29. The van der Waals surface area contributed by atoms with Gasteiger partial charge in [0.15, 0.2) is 5.75 Å². The molecule has 0 saturated carbocycles. The maximum Gasteiger partial charge on any atom is 0.433 e. The van der Waals surface area contributed by atoms with Gasteiger partial charge in [-0.1, -0.05) is 11.6 Å². The molecule has 2 aromatic rings. The van der Waals surface area contributed by atoms with Crippen molar-refractivity contribution in [2.45, 2.75) is 6.18 Å². The molecular weight excluding hydrogens is 281 g/mol. The summed E-state index contributed by atoms with van der Waals surface area (Å²) in [4.78, 5) is 3.21. The standard InChI is InChI=1S/C12H8ClF3N2O/c13-7-1-3-8(4-2-7)19-10-5-11(12(14,15)16)18-6-9(10)17/h1-6H,17H2. The van der Waals surface area contributed by atoms with Crippen LogP contribution in [-0.4, -0.2) is 4.98 Å². The van der Waals surface area contributed by atoms with Crippen LogP contribution in [0.25, 0.3) is 0 Å². The molecule has 0 radical (unpaired) electrons. The van der Waals surface area contributed by atoms with Gasteiger partial charge in [0.05, 0.1) is 11.9 Å². The lowest BCUT2D eigenvalue weighted by atomic mass is 10.3. The van der Waals surface area contributed by atoms with E-state index in [4.69, 9.17) is 22.1 Å². The number of halogens is 4. The third-order valence-corrected chi connectivity index (χ3v) is 2.48. The number of nitrogens with zero attached hydrogens (tertiary/aromatic N) is 1. The van der Waals surface area contributed by atoms with Crippen LogP contribution < -0.4 is 10.5 Å². The number of nitrogen functional groups attached to an aromatic ring is 1. The second-order valence-electron chi connectivity index (χ2n) is 3.66.